The van der Waals surface area contributed by atoms with E-state index in [1.165, 1.54) is 12.1 Å². The molecule has 1 heterocycles. The fourth-order valence-corrected chi connectivity index (χ4v) is 2.65. The summed E-state index contributed by atoms with van der Waals surface area (Å²) in [7, 11) is 0. The molecule has 0 saturated carbocycles. The third-order valence-corrected chi connectivity index (χ3v) is 3.73. The summed E-state index contributed by atoms with van der Waals surface area (Å²) in [5.41, 5.74) is -0.746. The standard InChI is InChI=1S/C16H9ClF4N2O3/c17-8-4-5-12(26-16(19,20)21)9(6-8)15(25)23-7-13(24)22-14-10(18)2-1-3-11(14)23/h1-6H,7H2,(H,22,24). The van der Waals surface area contributed by atoms with E-state index < -0.39 is 41.9 Å². The minimum atomic E-state index is -5.04. The van der Waals surface area contributed by atoms with E-state index in [9.17, 15) is 27.2 Å². The summed E-state index contributed by atoms with van der Waals surface area (Å²) in [5.74, 6) is -3.26. The van der Waals surface area contributed by atoms with Gasteiger partial charge in [-0.15, -0.1) is 13.2 Å². The van der Waals surface area contributed by atoms with E-state index in [2.05, 4.69) is 10.1 Å². The van der Waals surface area contributed by atoms with Gasteiger partial charge < -0.3 is 10.1 Å². The minimum absolute atomic E-state index is 0.00698. The van der Waals surface area contributed by atoms with Gasteiger partial charge in [-0.2, -0.15) is 0 Å². The van der Waals surface area contributed by atoms with Crippen LogP contribution in [0.15, 0.2) is 36.4 Å². The lowest BCUT2D eigenvalue weighted by atomic mass is 10.1. The summed E-state index contributed by atoms with van der Waals surface area (Å²) in [4.78, 5) is 25.4. The first kappa shape index (κ1) is 18.0. The van der Waals surface area contributed by atoms with Crippen LogP contribution in [0.1, 0.15) is 10.4 Å². The van der Waals surface area contributed by atoms with Crippen LogP contribution in [0.5, 0.6) is 5.75 Å². The Morgan fingerprint density at radius 1 is 1.23 bits per heavy atom. The number of hydrogen-bond donors (Lipinski definition) is 1. The molecule has 0 fully saturated rings. The Hall–Kier alpha value is -2.81. The minimum Gasteiger partial charge on any atom is -0.405 e. The lowest BCUT2D eigenvalue weighted by molar-refractivity contribution is -0.274. The number of rotatable bonds is 2. The summed E-state index contributed by atoms with van der Waals surface area (Å²) < 4.78 is 55.5. The Morgan fingerprint density at radius 2 is 1.96 bits per heavy atom. The number of nitrogens with zero attached hydrogens (tertiary/aromatic N) is 1. The molecule has 5 nitrogen and oxygen atoms in total. The van der Waals surface area contributed by atoms with Crippen LogP contribution in [-0.4, -0.2) is 24.7 Å². The highest BCUT2D eigenvalue weighted by Crippen LogP contribution is 2.35. The second-order valence-corrected chi connectivity index (χ2v) is 5.70. The molecular formula is C16H9ClF4N2O3. The number of nitrogens with one attached hydrogen (secondary N) is 1. The van der Waals surface area contributed by atoms with Gasteiger partial charge in [0.05, 0.1) is 11.3 Å². The quantitative estimate of drug-likeness (QED) is 0.792. The van der Waals surface area contributed by atoms with Crippen molar-refractivity contribution in [1.29, 1.82) is 0 Å². The van der Waals surface area contributed by atoms with Crippen LogP contribution in [0.2, 0.25) is 5.02 Å². The number of halogens is 5. The molecular weight excluding hydrogens is 380 g/mol. The molecule has 2 aromatic carbocycles. The van der Waals surface area contributed by atoms with Gasteiger partial charge in [-0.05, 0) is 30.3 Å². The van der Waals surface area contributed by atoms with Crippen LogP contribution in [0.25, 0.3) is 0 Å². The lowest BCUT2D eigenvalue weighted by Gasteiger charge is -2.30. The first-order chi connectivity index (χ1) is 12.2. The van der Waals surface area contributed by atoms with Crippen LogP contribution in [-0.2, 0) is 4.79 Å². The zero-order valence-corrected chi connectivity index (χ0v) is 13.5. The van der Waals surface area contributed by atoms with Crippen molar-refractivity contribution >= 4 is 34.8 Å². The van der Waals surface area contributed by atoms with Gasteiger partial charge in [-0.1, -0.05) is 17.7 Å². The van der Waals surface area contributed by atoms with Gasteiger partial charge >= 0.3 is 6.36 Å². The number of fused-ring (bicyclic) bond motifs is 1. The van der Waals surface area contributed by atoms with E-state index in [4.69, 9.17) is 11.6 Å². The Morgan fingerprint density at radius 3 is 2.65 bits per heavy atom. The number of carbonyl (C=O) groups excluding carboxylic acids is 2. The van der Waals surface area contributed by atoms with Crippen molar-refractivity contribution < 1.29 is 31.9 Å². The van der Waals surface area contributed by atoms with E-state index in [-0.39, 0.29) is 16.4 Å². The van der Waals surface area contributed by atoms with E-state index >= 15 is 0 Å². The highest BCUT2D eigenvalue weighted by Gasteiger charge is 2.35. The summed E-state index contributed by atoms with van der Waals surface area (Å²) in [6.45, 7) is -0.507. The highest BCUT2D eigenvalue weighted by atomic mass is 35.5. The van der Waals surface area contributed by atoms with Gasteiger partial charge in [-0.25, -0.2) is 4.39 Å². The maximum absolute atomic E-state index is 13.9. The number of alkyl halides is 3. The predicted molar refractivity (Wildman–Crippen MR) is 84.8 cm³/mol. The fraction of sp³-hybridized carbons (Fsp3) is 0.125. The Bertz CT molecular complexity index is 902. The molecule has 2 amide bonds. The van der Waals surface area contributed by atoms with Gasteiger partial charge in [0.1, 0.15) is 23.8 Å². The molecule has 0 bridgehead atoms. The largest absolute Gasteiger partial charge is 0.573 e. The molecule has 0 aliphatic carbocycles. The molecule has 136 valence electrons. The maximum atomic E-state index is 13.9. The summed E-state index contributed by atoms with van der Waals surface area (Å²) in [6, 6.07) is 6.72. The molecule has 1 aliphatic heterocycles. The molecule has 0 radical (unpaired) electrons. The van der Waals surface area contributed by atoms with Gasteiger partial charge in [0.2, 0.25) is 5.91 Å². The average Bonchev–Trinajstić information content (AvgIpc) is 2.55. The molecule has 0 spiro atoms. The van der Waals surface area contributed by atoms with E-state index in [0.717, 1.165) is 29.2 Å². The molecule has 2 aromatic rings. The number of anilines is 2. The average molecular weight is 389 g/mol. The summed E-state index contributed by atoms with van der Waals surface area (Å²) in [5, 5.41) is 2.27. The van der Waals surface area contributed by atoms with Crippen LogP contribution < -0.4 is 15.0 Å². The first-order valence-corrected chi connectivity index (χ1v) is 7.49. The fourth-order valence-electron chi connectivity index (χ4n) is 2.48. The van der Waals surface area contributed by atoms with Crippen LogP contribution in [0.3, 0.4) is 0 Å². The lowest BCUT2D eigenvalue weighted by Crippen LogP contribution is -2.42. The molecule has 3 rings (SSSR count). The van der Waals surface area contributed by atoms with Crippen molar-refractivity contribution in [2.75, 3.05) is 16.8 Å². The molecule has 10 heteroatoms. The Labute approximate surface area is 149 Å². The zero-order chi connectivity index (χ0) is 19.1. The second-order valence-electron chi connectivity index (χ2n) is 5.26. The van der Waals surface area contributed by atoms with E-state index in [0.29, 0.717) is 0 Å². The highest BCUT2D eigenvalue weighted by molar-refractivity contribution is 6.31. The molecule has 26 heavy (non-hydrogen) atoms. The van der Waals surface area contributed by atoms with Gasteiger partial charge in [0.25, 0.3) is 5.91 Å². The van der Waals surface area contributed by atoms with Gasteiger partial charge in [0.15, 0.2) is 0 Å². The Balaban J connectivity index is 2.07. The third-order valence-electron chi connectivity index (χ3n) is 3.49. The first-order valence-electron chi connectivity index (χ1n) is 7.11. The Kier molecular flexibility index (Phi) is 4.49. The topological polar surface area (TPSA) is 58.6 Å². The van der Waals surface area contributed by atoms with Crippen molar-refractivity contribution in [2.24, 2.45) is 0 Å². The monoisotopic (exact) mass is 388 g/mol. The number of benzene rings is 2. The number of carbonyl (C=O) groups is 2. The van der Waals surface area contributed by atoms with Crippen molar-refractivity contribution in [2.45, 2.75) is 6.36 Å². The van der Waals surface area contributed by atoms with Crippen LogP contribution >= 0.6 is 11.6 Å². The molecule has 0 unspecified atom stereocenters. The van der Waals surface area contributed by atoms with Gasteiger partial charge in [0, 0.05) is 5.02 Å². The number of hydrogen-bond acceptors (Lipinski definition) is 3. The van der Waals surface area contributed by atoms with E-state index in [1.54, 1.807) is 0 Å². The van der Waals surface area contributed by atoms with Gasteiger partial charge in [-0.3, -0.25) is 14.5 Å². The molecule has 0 aromatic heterocycles. The number of ether oxygens (including phenoxy) is 1. The zero-order valence-electron chi connectivity index (χ0n) is 12.7. The SMILES string of the molecule is O=C1CN(C(=O)c2cc(Cl)ccc2OC(F)(F)F)c2cccc(F)c2N1. The van der Waals surface area contributed by atoms with Crippen LogP contribution in [0.4, 0.5) is 28.9 Å². The smallest absolute Gasteiger partial charge is 0.405 e. The molecule has 1 aliphatic rings. The summed E-state index contributed by atoms with van der Waals surface area (Å²) >= 11 is 5.78. The predicted octanol–water partition coefficient (Wildman–Crippen LogP) is 3.98. The maximum Gasteiger partial charge on any atom is 0.573 e. The third kappa shape index (κ3) is 3.57. The molecule has 1 N–H and O–H groups in total. The normalized spacial score (nSPS) is 13.9. The second kappa shape index (κ2) is 6.49. The number of para-hydroxylation sites is 1. The molecule has 0 atom stereocenters. The summed E-state index contributed by atoms with van der Waals surface area (Å²) in [6.07, 6.45) is -5.04. The molecule has 0 saturated heterocycles. The van der Waals surface area contributed by atoms with Crippen LogP contribution in [0, 0.1) is 5.82 Å². The van der Waals surface area contributed by atoms with E-state index in [1.807, 2.05) is 0 Å². The number of amides is 2. The van der Waals surface area contributed by atoms with Crippen molar-refractivity contribution in [1.82, 2.24) is 0 Å². The van der Waals surface area contributed by atoms with Crippen molar-refractivity contribution in [3.05, 3.63) is 52.8 Å². The van der Waals surface area contributed by atoms with Crippen molar-refractivity contribution in [3.8, 4) is 5.75 Å². The van der Waals surface area contributed by atoms with Crippen molar-refractivity contribution in [3.63, 3.8) is 0 Å².